The van der Waals surface area contributed by atoms with Gasteiger partial charge in [-0.2, -0.15) is 0 Å². The molecule has 0 unspecified atom stereocenters. The van der Waals surface area contributed by atoms with Crippen molar-refractivity contribution in [3.63, 3.8) is 0 Å². The van der Waals surface area contributed by atoms with Gasteiger partial charge in [-0.3, -0.25) is 0 Å². The van der Waals surface area contributed by atoms with Crippen LogP contribution in [0.15, 0.2) is 91.1 Å². The second-order valence-corrected chi connectivity index (χ2v) is 10.00. The van der Waals surface area contributed by atoms with Crippen molar-refractivity contribution < 1.29 is 14.6 Å². The predicted molar refractivity (Wildman–Crippen MR) is 133 cm³/mol. The number of carboxylic acids is 1. The van der Waals surface area contributed by atoms with Crippen LogP contribution in [-0.2, 0) is 4.79 Å². The fourth-order valence-corrected chi connectivity index (χ4v) is 4.69. The zero-order valence-corrected chi connectivity index (χ0v) is 21.2. The molecule has 0 bridgehead atoms. The van der Waals surface area contributed by atoms with Gasteiger partial charge in [0.1, 0.15) is 5.75 Å². The van der Waals surface area contributed by atoms with Crippen molar-refractivity contribution in [2.24, 2.45) is 0 Å². The summed E-state index contributed by atoms with van der Waals surface area (Å²) in [5, 5.41) is 8.75. The maximum atomic E-state index is 10.7. The van der Waals surface area contributed by atoms with Crippen LogP contribution in [-0.4, -0.2) is 23.4 Å². The zero-order valence-electron chi connectivity index (χ0n) is 15.6. The van der Waals surface area contributed by atoms with Crippen LogP contribution in [0.2, 0.25) is 0 Å². The highest BCUT2D eigenvalue weighted by molar-refractivity contribution is 9.11. The Morgan fingerprint density at radius 3 is 1.97 bits per heavy atom. The lowest BCUT2D eigenvalue weighted by Crippen LogP contribution is -2.09. The Morgan fingerprint density at radius 2 is 1.47 bits per heavy atom. The summed E-state index contributed by atoms with van der Waals surface area (Å²) in [6.07, 6.45) is 2.22. The first-order valence-corrected chi connectivity index (χ1v) is 12.3. The van der Waals surface area contributed by atoms with Gasteiger partial charge in [-0.05, 0) is 75.1 Å². The van der Waals surface area contributed by atoms with E-state index >= 15 is 0 Å². The Balaban J connectivity index is 1.77. The van der Waals surface area contributed by atoms with Gasteiger partial charge in [0.25, 0.3) is 0 Å². The van der Waals surface area contributed by atoms with Gasteiger partial charge in [0, 0.05) is 19.6 Å². The van der Waals surface area contributed by atoms with Crippen molar-refractivity contribution >= 4 is 71.1 Å². The molecule has 3 aromatic rings. The van der Waals surface area contributed by atoms with E-state index in [1.54, 1.807) is 17.8 Å². The van der Waals surface area contributed by atoms with Gasteiger partial charge < -0.3 is 9.84 Å². The first-order valence-electron chi connectivity index (χ1n) is 8.91. The molecular formula is C23H17Br3O3S. The van der Waals surface area contributed by atoms with Crippen molar-refractivity contribution in [3.8, 4) is 5.75 Å². The summed E-state index contributed by atoms with van der Waals surface area (Å²) in [5.41, 5.74) is 3.47. The Kier molecular flexibility index (Phi) is 8.62. The maximum Gasteiger partial charge on any atom is 0.341 e. The molecule has 1 N–H and O–H groups in total. The molecule has 0 heterocycles. The molecule has 0 amide bonds. The lowest BCUT2D eigenvalue weighted by molar-refractivity contribution is -0.139. The number of benzene rings is 3. The third-order valence-electron chi connectivity index (χ3n) is 4.10. The molecule has 154 valence electrons. The fourth-order valence-electron chi connectivity index (χ4n) is 2.71. The molecule has 0 spiro atoms. The number of hydrogen-bond donors (Lipinski definition) is 1. The molecule has 0 aliphatic heterocycles. The van der Waals surface area contributed by atoms with E-state index in [2.05, 4.69) is 78.1 Å². The summed E-state index contributed by atoms with van der Waals surface area (Å²) in [6, 6.07) is 22.2. The van der Waals surface area contributed by atoms with Crippen LogP contribution in [0.1, 0.15) is 11.1 Å². The molecule has 3 aromatic carbocycles. The average Bonchev–Trinajstić information content (AvgIpc) is 2.72. The maximum absolute atomic E-state index is 10.7. The molecule has 30 heavy (non-hydrogen) atoms. The number of thioether (sulfide) groups is 1. The second kappa shape index (κ2) is 11.2. The van der Waals surface area contributed by atoms with Gasteiger partial charge in [0.05, 0.1) is 4.47 Å². The van der Waals surface area contributed by atoms with Gasteiger partial charge >= 0.3 is 5.97 Å². The van der Waals surface area contributed by atoms with E-state index in [0.717, 1.165) is 35.2 Å². The molecule has 3 rings (SSSR count). The van der Waals surface area contributed by atoms with E-state index in [4.69, 9.17) is 9.84 Å². The van der Waals surface area contributed by atoms with Crippen LogP contribution in [0.5, 0.6) is 5.75 Å². The summed E-state index contributed by atoms with van der Waals surface area (Å²) >= 11 is 12.1. The molecule has 0 radical (unpaired) electrons. The van der Waals surface area contributed by atoms with Gasteiger partial charge in [-0.15, -0.1) is 11.8 Å². The SMILES string of the molecule is O=C(O)COc1ccc(SCC=C(c2ccc(Br)cc2)c2ccc(Br)cc2)cc1Br. The fraction of sp³-hybridized carbons (Fsp3) is 0.0870. The molecule has 0 aliphatic rings. The van der Waals surface area contributed by atoms with Crippen LogP contribution < -0.4 is 4.74 Å². The minimum atomic E-state index is -1.00. The monoisotopic (exact) mass is 610 g/mol. The van der Waals surface area contributed by atoms with Crippen LogP contribution in [0.3, 0.4) is 0 Å². The molecule has 0 aliphatic carbocycles. The number of ether oxygens (including phenoxy) is 1. The second-order valence-electron chi connectivity index (χ2n) is 6.22. The summed E-state index contributed by atoms with van der Waals surface area (Å²) in [5.74, 6) is 0.296. The average molecular weight is 613 g/mol. The lowest BCUT2D eigenvalue weighted by Gasteiger charge is -2.10. The molecule has 3 nitrogen and oxygen atoms in total. The van der Waals surface area contributed by atoms with Gasteiger partial charge in [0.2, 0.25) is 0 Å². The van der Waals surface area contributed by atoms with E-state index in [1.807, 2.05) is 36.4 Å². The number of halogens is 3. The van der Waals surface area contributed by atoms with Gasteiger partial charge in [0.15, 0.2) is 6.61 Å². The Morgan fingerprint density at radius 1 is 0.900 bits per heavy atom. The van der Waals surface area contributed by atoms with Crippen molar-refractivity contribution in [1.82, 2.24) is 0 Å². The number of rotatable bonds is 8. The third-order valence-corrected chi connectivity index (χ3v) is 6.70. The number of hydrogen-bond acceptors (Lipinski definition) is 3. The summed E-state index contributed by atoms with van der Waals surface area (Å²) < 4.78 is 8.08. The normalized spacial score (nSPS) is 10.5. The van der Waals surface area contributed by atoms with Crippen LogP contribution in [0.4, 0.5) is 0 Å². The highest BCUT2D eigenvalue weighted by Gasteiger charge is 2.08. The van der Waals surface area contributed by atoms with Gasteiger partial charge in [-0.1, -0.05) is 62.2 Å². The first-order chi connectivity index (χ1) is 14.4. The van der Waals surface area contributed by atoms with E-state index in [-0.39, 0.29) is 6.61 Å². The van der Waals surface area contributed by atoms with Crippen LogP contribution in [0, 0.1) is 0 Å². The highest BCUT2D eigenvalue weighted by atomic mass is 79.9. The smallest absolute Gasteiger partial charge is 0.341 e. The third kappa shape index (κ3) is 6.74. The molecule has 0 fully saturated rings. The lowest BCUT2D eigenvalue weighted by atomic mass is 9.98. The molecule has 0 saturated heterocycles. The quantitative estimate of drug-likeness (QED) is 0.265. The minimum Gasteiger partial charge on any atom is -0.481 e. The summed E-state index contributed by atoms with van der Waals surface area (Å²) in [4.78, 5) is 11.7. The molecular weight excluding hydrogens is 596 g/mol. The summed E-state index contributed by atoms with van der Waals surface area (Å²) in [7, 11) is 0. The summed E-state index contributed by atoms with van der Waals surface area (Å²) in [6.45, 7) is -0.364. The molecule has 0 atom stereocenters. The largest absolute Gasteiger partial charge is 0.481 e. The standard InChI is InChI=1S/C23H17Br3O3S/c24-17-5-1-15(2-6-17)20(16-3-7-18(25)8-4-16)11-12-30-19-9-10-22(21(26)13-19)29-14-23(27)28/h1-11,13H,12,14H2,(H,27,28). The number of aliphatic carboxylic acids is 1. The van der Waals surface area contributed by atoms with E-state index in [9.17, 15) is 4.79 Å². The first kappa shape index (κ1) is 23.1. The van der Waals surface area contributed by atoms with E-state index in [1.165, 1.54) is 5.57 Å². The Labute approximate surface area is 204 Å². The number of carbonyl (C=O) groups is 1. The zero-order chi connectivity index (χ0) is 21.5. The molecule has 0 aromatic heterocycles. The molecule has 0 saturated carbocycles. The van der Waals surface area contributed by atoms with E-state index < -0.39 is 5.97 Å². The van der Waals surface area contributed by atoms with Crippen LogP contribution in [0.25, 0.3) is 5.57 Å². The Bertz CT molecular complexity index is 1000. The van der Waals surface area contributed by atoms with Crippen LogP contribution >= 0.6 is 59.6 Å². The van der Waals surface area contributed by atoms with Crippen molar-refractivity contribution in [2.75, 3.05) is 12.4 Å². The van der Waals surface area contributed by atoms with Crippen molar-refractivity contribution in [1.29, 1.82) is 0 Å². The topological polar surface area (TPSA) is 46.5 Å². The predicted octanol–water partition coefficient (Wildman–Crippen LogP) is 7.66. The minimum absolute atomic E-state index is 0.364. The Hall–Kier alpha value is -1.54. The number of carboxylic acid groups (broad SMARTS) is 1. The van der Waals surface area contributed by atoms with Gasteiger partial charge in [-0.25, -0.2) is 4.79 Å². The van der Waals surface area contributed by atoms with Crippen molar-refractivity contribution in [3.05, 3.63) is 97.4 Å². The molecule has 7 heteroatoms. The highest BCUT2D eigenvalue weighted by Crippen LogP contribution is 2.32. The van der Waals surface area contributed by atoms with Crippen molar-refractivity contribution in [2.45, 2.75) is 4.90 Å². The van der Waals surface area contributed by atoms with E-state index in [0.29, 0.717) is 5.75 Å².